The average Bonchev–Trinajstić information content (AvgIpc) is 3.39. The summed E-state index contributed by atoms with van der Waals surface area (Å²) >= 11 is 16.0. The number of carbonyl (C=O) groups excluding carboxylic acids is 1. The average molecular weight is 630 g/mol. The Bertz CT molecular complexity index is 1560. The van der Waals surface area contributed by atoms with Crippen LogP contribution in [0.25, 0.3) is 0 Å². The van der Waals surface area contributed by atoms with Crippen LogP contribution in [0.1, 0.15) is 29.7 Å². The molecule has 8 nitrogen and oxygen atoms in total. The lowest BCUT2D eigenvalue weighted by Crippen LogP contribution is -2.29. The van der Waals surface area contributed by atoms with E-state index >= 15 is 0 Å². The molecule has 1 aromatic heterocycles. The molecule has 0 amide bonds. The second-order valence-corrected chi connectivity index (χ2v) is 10.4. The number of methoxy groups -OCH3 is 1. The molecule has 0 aliphatic carbocycles. The van der Waals surface area contributed by atoms with E-state index in [4.69, 9.17) is 37.4 Å². The summed E-state index contributed by atoms with van der Waals surface area (Å²) in [6.45, 7) is 2.14. The van der Waals surface area contributed by atoms with Crippen molar-refractivity contribution in [2.45, 2.75) is 26.2 Å². The molecule has 0 spiro atoms. The van der Waals surface area contributed by atoms with Crippen LogP contribution < -0.4 is 14.8 Å². The van der Waals surface area contributed by atoms with E-state index < -0.39 is 12.0 Å². The van der Waals surface area contributed by atoms with Gasteiger partial charge in [-0.15, -0.1) is 0 Å². The molecule has 2 heterocycles. The highest BCUT2D eigenvalue weighted by Crippen LogP contribution is 2.43. The number of carbonyl (C=O) groups is 1. The number of hydrogen-bond acceptors (Lipinski definition) is 7. The summed E-state index contributed by atoms with van der Waals surface area (Å²) in [6, 6.07) is 17.8. The van der Waals surface area contributed by atoms with Gasteiger partial charge < -0.3 is 19.5 Å². The third-order valence-corrected chi connectivity index (χ3v) is 7.36. The lowest BCUT2D eigenvalue weighted by molar-refractivity contribution is -0.140. The predicted octanol–water partition coefficient (Wildman–Crippen LogP) is 6.97. The number of allylic oxidation sites excluding steroid dienone is 1. The fourth-order valence-corrected chi connectivity index (χ4v) is 5.33. The minimum atomic E-state index is -0.628. The van der Waals surface area contributed by atoms with Gasteiger partial charge in [-0.25, -0.2) is 9.48 Å². The highest BCUT2D eigenvalue weighted by molar-refractivity contribution is 9.10. The number of aromatic nitrogens is 3. The standard InChI is InChI=1S/C28H23BrCl2N4O4/c1-16-24(27(36)39-13-17-6-4-3-5-7-17)25(35-28(34-16)32-15-33-35)19-10-21(29)26(23(11-19)37-2)38-14-18-8-9-20(30)12-22(18)31/h3-12,15,25H,13-14H2,1-2H3,(H,32,33,34). The number of esters is 1. The van der Waals surface area contributed by atoms with Gasteiger partial charge in [0, 0.05) is 21.3 Å². The van der Waals surface area contributed by atoms with Gasteiger partial charge in [-0.1, -0.05) is 59.6 Å². The molecule has 5 rings (SSSR count). The van der Waals surface area contributed by atoms with E-state index in [9.17, 15) is 4.79 Å². The van der Waals surface area contributed by atoms with Gasteiger partial charge in [-0.05, 0) is 58.2 Å². The molecule has 0 fully saturated rings. The zero-order valence-corrected chi connectivity index (χ0v) is 24.0. The Kier molecular flexibility index (Phi) is 8.11. The van der Waals surface area contributed by atoms with E-state index in [1.54, 1.807) is 23.9 Å². The molecule has 0 saturated heterocycles. The van der Waals surface area contributed by atoms with Crippen molar-refractivity contribution in [3.63, 3.8) is 0 Å². The number of fused-ring (bicyclic) bond motifs is 1. The Morgan fingerprint density at radius 1 is 1.10 bits per heavy atom. The smallest absolute Gasteiger partial charge is 0.338 e. The van der Waals surface area contributed by atoms with E-state index in [2.05, 4.69) is 31.3 Å². The number of hydrogen-bond donors (Lipinski definition) is 1. The van der Waals surface area contributed by atoms with Crippen LogP contribution in [-0.2, 0) is 22.7 Å². The van der Waals surface area contributed by atoms with Gasteiger partial charge in [0.1, 0.15) is 25.6 Å². The molecule has 0 radical (unpaired) electrons. The van der Waals surface area contributed by atoms with Crippen LogP contribution in [0.4, 0.5) is 5.95 Å². The number of ether oxygens (including phenoxy) is 3. The summed E-state index contributed by atoms with van der Waals surface area (Å²) < 4.78 is 19.8. The molecule has 4 aromatic rings. The minimum Gasteiger partial charge on any atom is -0.493 e. The topological polar surface area (TPSA) is 87.5 Å². The number of benzene rings is 3. The second kappa shape index (κ2) is 11.7. The summed E-state index contributed by atoms with van der Waals surface area (Å²) in [4.78, 5) is 17.7. The highest BCUT2D eigenvalue weighted by Gasteiger charge is 2.35. The predicted molar refractivity (Wildman–Crippen MR) is 152 cm³/mol. The first-order valence-corrected chi connectivity index (χ1v) is 13.4. The van der Waals surface area contributed by atoms with Crippen LogP contribution in [0, 0.1) is 0 Å². The summed E-state index contributed by atoms with van der Waals surface area (Å²) in [5.74, 6) is 0.973. The molecule has 1 aliphatic heterocycles. The SMILES string of the molecule is COc1cc(C2C(C(=O)OCc3ccccc3)=C(C)Nc3ncnn32)cc(Br)c1OCc1ccc(Cl)cc1Cl. The first-order valence-electron chi connectivity index (χ1n) is 11.9. The minimum absolute atomic E-state index is 0.139. The molecule has 0 bridgehead atoms. The van der Waals surface area contributed by atoms with E-state index in [1.165, 1.54) is 6.33 Å². The largest absolute Gasteiger partial charge is 0.493 e. The van der Waals surface area contributed by atoms with Crippen molar-refractivity contribution in [2.24, 2.45) is 0 Å². The van der Waals surface area contributed by atoms with Crippen molar-refractivity contribution in [3.05, 3.63) is 109 Å². The van der Waals surface area contributed by atoms with Crippen molar-refractivity contribution in [1.29, 1.82) is 0 Å². The molecule has 3 aromatic carbocycles. The van der Waals surface area contributed by atoms with Crippen LogP contribution in [0.15, 0.2) is 82.7 Å². The first kappa shape index (κ1) is 27.1. The molecular formula is C28H23BrCl2N4O4. The third kappa shape index (κ3) is 5.75. The Morgan fingerprint density at radius 3 is 2.64 bits per heavy atom. The van der Waals surface area contributed by atoms with Gasteiger partial charge >= 0.3 is 5.97 Å². The van der Waals surface area contributed by atoms with E-state index in [0.717, 1.165) is 16.7 Å². The molecule has 200 valence electrons. The molecule has 39 heavy (non-hydrogen) atoms. The normalized spacial score (nSPS) is 14.4. The van der Waals surface area contributed by atoms with Gasteiger partial charge in [-0.2, -0.15) is 10.1 Å². The van der Waals surface area contributed by atoms with Crippen molar-refractivity contribution < 1.29 is 19.0 Å². The zero-order valence-electron chi connectivity index (χ0n) is 21.0. The van der Waals surface area contributed by atoms with Crippen LogP contribution >= 0.6 is 39.1 Å². The Morgan fingerprint density at radius 2 is 1.90 bits per heavy atom. The summed E-state index contributed by atoms with van der Waals surface area (Å²) in [6.07, 6.45) is 1.43. The maximum absolute atomic E-state index is 13.4. The number of halogens is 3. The lowest BCUT2D eigenvalue weighted by Gasteiger charge is -2.29. The van der Waals surface area contributed by atoms with Crippen molar-refractivity contribution >= 4 is 51.0 Å². The first-order chi connectivity index (χ1) is 18.9. The van der Waals surface area contributed by atoms with Crippen molar-refractivity contribution in [1.82, 2.24) is 14.8 Å². The number of nitrogens with zero attached hydrogens (tertiary/aromatic N) is 3. The molecule has 1 atom stereocenters. The van der Waals surface area contributed by atoms with E-state index in [-0.39, 0.29) is 13.2 Å². The fraction of sp³-hybridized carbons (Fsp3) is 0.179. The monoisotopic (exact) mass is 628 g/mol. The Balaban J connectivity index is 1.47. The molecule has 1 unspecified atom stereocenters. The molecular weight excluding hydrogens is 607 g/mol. The van der Waals surface area contributed by atoms with Crippen molar-refractivity contribution in [2.75, 3.05) is 12.4 Å². The number of nitrogens with one attached hydrogen (secondary N) is 1. The van der Waals surface area contributed by atoms with Crippen LogP contribution in [0.3, 0.4) is 0 Å². The maximum atomic E-state index is 13.4. The van der Waals surface area contributed by atoms with Crippen molar-refractivity contribution in [3.8, 4) is 11.5 Å². The number of rotatable bonds is 8. The Hall–Kier alpha value is -3.53. The highest BCUT2D eigenvalue weighted by atomic mass is 79.9. The Labute approximate surface area is 243 Å². The fourth-order valence-electron chi connectivity index (χ4n) is 4.29. The van der Waals surface area contributed by atoms with E-state index in [1.807, 2.05) is 55.5 Å². The summed E-state index contributed by atoms with van der Waals surface area (Å²) in [7, 11) is 1.55. The third-order valence-electron chi connectivity index (χ3n) is 6.18. The zero-order chi connectivity index (χ0) is 27.5. The van der Waals surface area contributed by atoms with Gasteiger partial charge in [-0.3, -0.25) is 0 Å². The van der Waals surface area contributed by atoms with Gasteiger partial charge in [0.05, 0.1) is 17.2 Å². The second-order valence-electron chi connectivity index (χ2n) is 8.71. The van der Waals surface area contributed by atoms with Gasteiger partial charge in [0.2, 0.25) is 5.95 Å². The quantitative estimate of drug-likeness (QED) is 0.211. The summed E-state index contributed by atoms with van der Waals surface area (Å²) in [5.41, 5.74) is 3.39. The maximum Gasteiger partial charge on any atom is 0.338 e. The van der Waals surface area contributed by atoms with Crippen LogP contribution in [0.2, 0.25) is 10.0 Å². The van der Waals surface area contributed by atoms with Gasteiger partial charge in [0.25, 0.3) is 0 Å². The molecule has 0 saturated carbocycles. The lowest BCUT2D eigenvalue weighted by atomic mass is 9.95. The van der Waals surface area contributed by atoms with Crippen LogP contribution in [0.5, 0.6) is 11.5 Å². The number of anilines is 1. The van der Waals surface area contributed by atoms with Gasteiger partial charge in [0.15, 0.2) is 11.5 Å². The molecule has 1 aliphatic rings. The van der Waals surface area contributed by atoms with E-state index in [0.29, 0.717) is 43.2 Å². The summed E-state index contributed by atoms with van der Waals surface area (Å²) in [5, 5.41) is 8.58. The molecule has 1 N–H and O–H groups in total. The molecule has 11 heteroatoms. The van der Waals surface area contributed by atoms with Crippen LogP contribution in [-0.4, -0.2) is 27.8 Å².